The van der Waals surface area contributed by atoms with Gasteiger partial charge in [-0.25, -0.2) is 4.98 Å². The lowest BCUT2D eigenvalue weighted by molar-refractivity contribution is 0.0947. The highest BCUT2D eigenvalue weighted by Crippen LogP contribution is 2.29. The molecule has 0 atom stereocenters. The molecule has 4 nitrogen and oxygen atoms in total. The number of carbonyl (C=O) groups is 1. The van der Waals surface area contributed by atoms with Gasteiger partial charge in [0.2, 0.25) is 0 Å². The molecule has 144 valence electrons. The Bertz CT molecular complexity index is 1000. The summed E-state index contributed by atoms with van der Waals surface area (Å²) < 4.78 is 5.87. The Morgan fingerprint density at radius 3 is 2.82 bits per heavy atom. The summed E-state index contributed by atoms with van der Waals surface area (Å²) in [4.78, 5) is 16.7. The van der Waals surface area contributed by atoms with Crippen LogP contribution in [-0.4, -0.2) is 17.4 Å². The van der Waals surface area contributed by atoms with E-state index in [1.165, 1.54) is 24.2 Å². The monoisotopic (exact) mass is 432 g/mol. The molecule has 1 heterocycles. The molecule has 1 fully saturated rings. The largest absolute Gasteiger partial charge is 0.489 e. The van der Waals surface area contributed by atoms with Gasteiger partial charge in [-0.15, -0.1) is 11.3 Å². The van der Waals surface area contributed by atoms with Crippen molar-refractivity contribution in [1.29, 1.82) is 0 Å². The molecule has 1 aromatic heterocycles. The zero-order chi connectivity index (χ0) is 19.5. The van der Waals surface area contributed by atoms with Gasteiger partial charge in [0, 0.05) is 17.5 Å². The zero-order valence-electron chi connectivity index (χ0n) is 15.0. The maximum Gasteiger partial charge on any atom is 0.270 e. The van der Waals surface area contributed by atoms with E-state index in [-0.39, 0.29) is 5.91 Å². The Balaban J connectivity index is 1.41. The standard InChI is InChI=1S/C21H18Cl2N2O2S/c22-17-7-6-14(8-18(17)23)11-27-16-3-1-2-15(9-16)21-25-19(12-28-21)20(26)24-10-13-4-5-13/h1-3,6-9,12-13H,4-5,10-11H2,(H,24,26). The third kappa shape index (κ3) is 4.85. The number of hydrogen-bond donors (Lipinski definition) is 1. The number of amides is 1. The maximum absolute atomic E-state index is 12.2. The molecule has 3 aromatic rings. The topological polar surface area (TPSA) is 51.2 Å². The summed E-state index contributed by atoms with van der Waals surface area (Å²) in [6.45, 7) is 1.12. The lowest BCUT2D eigenvalue weighted by atomic mass is 10.2. The van der Waals surface area contributed by atoms with Crippen LogP contribution in [-0.2, 0) is 6.61 Å². The molecule has 1 aliphatic carbocycles. The summed E-state index contributed by atoms with van der Waals surface area (Å²) in [5.74, 6) is 1.26. The molecule has 1 aliphatic rings. The average molecular weight is 433 g/mol. The van der Waals surface area contributed by atoms with Crippen LogP contribution in [0.3, 0.4) is 0 Å². The summed E-state index contributed by atoms with van der Waals surface area (Å²) in [6, 6.07) is 13.1. The first-order valence-electron chi connectivity index (χ1n) is 8.99. The second-order valence-electron chi connectivity index (χ2n) is 6.76. The second-order valence-corrected chi connectivity index (χ2v) is 8.43. The lowest BCUT2D eigenvalue weighted by Gasteiger charge is -2.08. The number of rotatable bonds is 7. The van der Waals surface area contributed by atoms with Crippen molar-refractivity contribution in [1.82, 2.24) is 10.3 Å². The minimum atomic E-state index is -0.110. The Morgan fingerprint density at radius 2 is 2.04 bits per heavy atom. The van der Waals surface area contributed by atoms with Crippen molar-refractivity contribution in [3.05, 3.63) is 69.1 Å². The molecule has 2 aromatic carbocycles. The second kappa shape index (κ2) is 8.52. The van der Waals surface area contributed by atoms with E-state index in [1.54, 1.807) is 17.5 Å². The van der Waals surface area contributed by atoms with E-state index in [4.69, 9.17) is 27.9 Å². The van der Waals surface area contributed by atoms with Crippen LogP contribution in [0.4, 0.5) is 0 Å². The van der Waals surface area contributed by atoms with Gasteiger partial charge < -0.3 is 10.1 Å². The fourth-order valence-corrected chi connectivity index (χ4v) is 3.79. The van der Waals surface area contributed by atoms with E-state index in [1.807, 2.05) is 30.3 Å². The van der Waals surface area contributed by atoms with Crippen molar-refractivity contribution in [2.24, 2.45) is 5.92 Å². The predicted molar refractivity (Wildman–Crippen MR) is 113 cm³/mol. The van der Waals surface area contributed by atoms with E-state index < -0.39 is 0 Å². The van der Waals surface area contributed by atoms with Crippen molar-refractivity contribution in [2.45, 2.75) is 19.4 Å². The van der Waals surface area contributed by atoms with Crippen LogP contribution in [0, 0.1) is 5.92 Å². The summed E-state index contributed by atoms with van der Waals surface area (Å²) in [7, 11) is 0. The Labute approximate surface area is 177 Å². The molecule has 28 heavy (non-hydrogen) atoms. The van der Waals surface area contributed by atoms with Gasteiger partial charge in [-0.3, -0.25) is 4.79 Å². The summed E-state index contributed by atoms with van der Waals surface area (Å²) in [5, 5.41) is 6.55. The molecular formula is C21H18Cl2N2O2S. The highest BCUT2D eigenvalue weighted by molar-refractivity contribution is 7.13. The number of nitrogens with zero attached hydrogens (tertiary/aromatic N) is 1. The first-order chi connectivity index (χ1) is 13.6. The Morgan fingerprint density at radius 1 is 1.18 bits per heavy atom. The molecule has 7 heteroatoms. The normalized spacial score (nSPS) is 13.4. The molecular weight excluding hydrogens is 415 g/mol. The van der Waals surface area contributed by atoms with E-state index >= 15 is 0 Å². The van der Waals surface area contributed by atoms with E-state index in [9.17, 15) is 4.79 Å². The Kier molecular flexibility index (Phi) is 5.85. The van der Waals surface area contributed by atoms with Crippen LogP contribution in [0.25, 0.3) is 10.6 Å². The predicted octanol–water partition coefficient (Wildman–Crippen LogP) is 5.84. The first-order valence-corrected chi connectivity index (χ1v) is 10.6. The van der Waals surface area contributed by atoms with Crippen LogP contribution in [0.15, 0.2) is 47.8 Å². The van der Waals surface area contributed by atoms with Crippen molar-refractivity contribution in [2.75, 3.05) is 6.54 Å². The molecule has 0 radical (unpaired) electrons. The smallest absolute Gasteiger partial charge is 0.270 e. The highest BCUT2D eigenvalue weighted by Gasteiger charge is 2.22. The SMILES string of the molecule is O=C(NCC1CC1)c1csc(-c2cccc(OCc3ccc(Cl)c(Cl)c3)c2)n1. The van der Waals surface area contributed by atoms with Gasteiger partial charge in [-0.1, -0.05) is 41.4 Å². The minimum absolute atomic E-state index is 0.110. The number of halogens is 2. The number of aromatic nitrogens is 1. The molecule has 0 unspecified atom stereocenters. The molecule has 1 N–H and O–H groups in total. The number of carbonyl (C=O) groups excluding carboxylic acids is 1. The van der Waals surface area contributed by atoms with Crippen molar-refractivity contribution < 1.29 is 9.53 Å². The molecule has 0 aliphatic heterocycles. The zero-order valence-corrected chi connectivity index (χ0v) is 17.3. The number of hydrogen-bond acceptors (Lipinski definition) is 4. The van der Waals surface area contributed by atoms with Gasteiger partial charge in [0.05, 0.1) is 10.0 Å². The summed E-state index contributed by atoms with van der Waals surface area (Å²) in [6.07, 6.45) is 2.41. The molecule has 0 bridgehead atoms. The van der Waals surface area contributed by atoms with Crippen LogP contribution >= 0.6 is 34.5 Å². The van der Waals surface area contributed by atoms with Crippen molar-refractivity contribution >= 4 is 40.4 Å². The summed E-state index contributed by atoms with van der Waals surface area (Å²) in [5.41, 5.74) is 2.31. The lowest BCUT2D eigenvalue weighted by Crippen LogP contribution is -2.25. The van der Waals surface area contributed by atoms with Gasteiger partial charge in [0.25, 0.3) is 5.91 Å². The fourth-order valence-electron chi connectivity index (χ4n) is 2.68. The van der Waals surface area contributed by atoms with Crippen LogP contribution in [0.5, 0.6) is 5.75 Å². The minimum Gasteiger partial charge on any atom is -0.489 e. The van der Waals surface area contributed by atoms with Crippen LogP contribution < -0.4 is 10.1 Å². The average Bonchev–Trinajstić information content (AvgIpc) is 3.40. The third-order valence-corrected chi connectivity index (χ3v) is 6.09. The van der Waals surface area contributed by atoms with Gasteiger partial charge in [0.1, 0.15) is 23.1 Å². The molecule has 4 rings (SSSR count). The van der Waals surface area contributed by atoms with Crippen LogP contribution in [0.2, 0.25) is 10.0 Å². The third-order valence-electron chi connectivity index (χ3n) is 4.46. The molecule has 0 saturated heterocycles. The number of thiazole rings is 1. The molecule has 1 amide bonds. The van der Waals surface area contributed by atoms with Gasteiger partial charge >= 0.3 is 0 Å². The summed E-state index contributed by atoms with van der Waals surface area (Å²) >= 11 is 13.4. The number of nitrogens with one attached hydrogen (secondary N) is 1. The van der Waals surface area contributed by atoms with Crippen molar-refractivity contribution in [3.8, 4) is 16.3 Å². The van der Waals surface area contributed by atoms with Gasteiger partial charge in [0.15, 0.2) is 0 Å². The number of ether oxygens (including phenoxy) is 1. The quantitative estimate of drug-likeness (QED) is 0.510. The van der Waals surface area contributed by atoms with Crippen LogP contribution in [0.1, 0.15) is 28.9 Å². The number of benzene rings is 2. The first kappa shape index (κ1) is 19.2. The van der Waals surface area contributed by atoms with E-state index in [2.05, 4.69) is 10.3 Å². The molecule has 1 saturated carbocycles. The van der Waals surface area contributed by atoms with E-state index in [0.717, 1.165) is 28.4 Å². The van der Waals surface area contributed by atoms with E-state index in [0.29, 0.717) is 28.3 Å². The Hall–Kier alpha value is -2.08. The maximum atomic E-state index is 12.2. The van der Waals surface area contributed by atoms with Crippen molar-refractivity contribution in [3.63, 3.8) is 0 Å². The van der Waals surface area contributed by atoms with Gasteiger partial charge in [-0.05, 0) is 48.6 Å². The molecule has 0 spiro atoms. The van der Waals surface area contributed by atoms with Gasteiger partial charge in [-0.2, -0.15) is 0 Å². The highest BCUT2D eigenvalue weighted by atomic mass is 35.5. The fraction of sp³-hybridized carbons (Fsp3) is 0.238.